The number of carbonyl (C=O) groups is 3. The molecule has 212 valence electrons. The summed E-state index contributed by atoms with van der Waals surface area (Å²) in [7, 11) is 1.64. The van der Waals surface area contributed by atoms with Crippen molar-refractivity contribution in [1.82, 2.24) is 9.80 Å². The van der Waals surface area contributed by atoms with Gasteiger partial charge in [0.1, 0.15) is 5.75 Å². The van der Waals surface area contributed by atoms with Crippen molar-refractivity contribution in [3.63, 3.8) is 0 Å². The molecule has 0 aliphatic carbocycles. The molecular formula is C27H36N4O8. The monoisotopic (exact) mass is 544 g/mol. The van der Waals surface area contributed by atoms with Crippen LogP contribution in [-0.4, -0.2) is 95.2 Å². The number of amides is 1. The first kappa shape index (κ1) is 31.2. The summed E-state index contributed by atoms with van der Waals surface area (Å²) >= 11 is 0. The van der Waals surface area contributed by atoms with Gasteiger partial charge in [-0.3, -0.25) is 19.8 Å². The van der Waals surface area contributed by atoms with E-state index >= 15 is 0 Å². The molecule has 1 fully saturated rings. The topological polar surface area (TPSA) is 154 Å². The second-order valence-corrected chi connectivity index (χ2v) is 9.09. The standard InChI is InChI=1S/C25H34N4O4.C2H2O4/c1-4-25(30)28(22-9-11-24(33-3)12-10-22)20(2)19-27-17-15-26(16-18-27)14-13-21-5-7-23(8-6-21)29(31)32;3-1(4)2(5)6/h5-12,20H,4,13-19H2,1-3H3;(H,3,4)(H,5,6). The number of piperazine rings is 1. The molecule has 1 heterocycles. The van der Waals surface area contributed by atoms with Crippen molar-refractivity contribution in [3.8, 4) is 5.75 Å². The van der Waals surface area contributed by atoms with Gasteiger partial charge in [-0.25, -0.2) is 9.59 Å². The zero-order valence-electron chi connectivity index (χ0n) is 22.5. The second-order valence-electron chi connectivity index (χ2n) is 9.09. The number of benzene rings is 2. The van der Waals surface area contributed by atoms with Gasteiger partial charge in [-0.05, 0) is 43.2 Å². The van der Waals surface area contributed by atoms with Gasteiger partial charge in [-0.15, -0.1) is 0 Å². The van der Waals surface area contributed by atoms with Crippen molar-refractivity contribution in [3.05, 3.63) is 64.2 Å². The van der Waals surface area contributed by atoms with E-state index in [-0.39, 0.29) is 22.6 Å². The van der Waals surface area contributed by atoms with E-state index in [1.165, 1.54) is 0 Å². The van der Waals surface area contributed by atoms with E-state index in [2.05, 4.69) is 16.7 Å². The lowest BCUT2D eigenvalue weighted by molar-refractivity contribution is -0.384. The molecule has 0 radical (unpaired) electrons. The van der Waals surface area contributed by atoms with Gasteiger partial charge in [-0.1, -0.05) is 19.1 Å². The van der Waals surface area contributed by atoms with Crippen LogP contribution in [0.1, 0.15) is 25.8 Å². The van der Waals surface area contributed by atoms with Crippen LogP contribution >= 0.6 is 0 Å². The Balaban J connectivity index is 0.000000798. The lowest BCUT2D eigenvalue weighted by Crippen LogP contribution is -2.52. The Bertz CT molecular complexity index is 1090. The molecule has 0 spiro atoms. The quantitative estimate of drug-likeness (QED) is 0.259. The molecule has 1 unspecified atom stereocenters. The van der Waals surface area contributed by atoms with Crippen LogP contribution in [0.15, 0.2) is 48.5 Å². The van der Waals surface area contributed by atoms with Gasteiger partial charge in [0, 0.05) is 69.6 Å². The first-order valence-corrected chi connectivity index (χ1v) is 12.7. The average molecular weight is 545 g/mol. The summed E-state index contributed by atoms with van der Waals surface area (Å²) in [5.74, 6) is -2.75. The number of rotatable bonds is 10. The molecule has 12 heteroatoms. The van der Waals surface area contributed by atoms with Crippen LogP contribution in [0.2, 0.25) is 0 Å². The van der Waals surface area contributed by atoms with Gasteiger partial charge >= 0.3 is 11.9 Å². The Hall–Kier alpha value is -4.03. The van der Waals surface area contributed by atoms with Crippen molar-refractivity contribution in [2.24, 2.45) is 0 Å². The number of carboxylic acids is 2. The van der Waals surface area contributed by atoms with Crippen molar-refractivity contribution in [2.75, 3.05) is 51.3 Å². The van der Waals surface area contributed by atoms with Crippen LogP contribution < -0.4 is 9.64 Å². The SMILES string of the molecule is CCC(=O)N(c1ccc(OC)cc1)C(C)CN1CCN(CCc2ccc([N+](=O)[O-])cc2)CC1.O=C(O)C(=O)O. The Labute approximate surface area is 227 Å². The number of non-ortho nitro benzene ring substituents is 1. The summed E-state index contributed by atoms with van der Waals surface area (Å²) in [6.07, 6.45) is 1.34. The molecule has 0 aromatic heterocycles. The molecule has 39 heavy (non-hydrogen) atoms. The Kier molecular flexibility index (Phi) is 12.3. The molecule has 1 aliphatic heterocycles. The molecule has 0 saturated carbocycles. The minimum atomic E-state index is -1.82. The lowest BCUT2D eigenvalue weighted by atomic mass is 10.1. The van der Waals surface area contributed by atoms with Gasteiger partial charge in [0.05, 0.1) is 12.0 Å². The summed E-state index contributed by atoms with van der Waals surface area (Å²) in [5.41, 5.74) is 2.15. The van der Waals surface area contributed by atoms with Crippen molar-refractivity contribution < 1.29 is 34.3 Å². The zero-order chi connectivity index (χ0) is 28.9. The van der Waals surface area contributed by atoms with Crippen molar-refractivity contribution in [1.29, 1.82) is 0 Å². The average Bonchev–Trinajstić information content (AvgIpc) is 2.93. The van der Waals surface area contributed by atoms with E-state index in [1.807, 2.05) is 48.2 Å². The first-order valence-electron chi connectivity index (χ1n) is 12.7. The fourth-order valence-electron chi connectivity index (χ4n) is 4.28. The highest BCUT2D eigenvalue weighted by Gasteiger charge is 2.25. The Morgan fingerprint density at radius 1 is 0.974 bits per heavy atom. The lowest BCUT2D eigenvalue weighted by Gasteiger charge is -2.38. The highest BCUT2D eigenvalue weighted by Crippen LogP contribution is 2.23. The minimum Gasteiger partial charge on any atom is -0.497 e. The molecule has 2 aromatic rings. The number of nitrogens with zero attached hydrogens (tertiary/aromatic N) is 4. The third-order valence-corrected chi connectivity index (χ3v) is 6.40. The van der Waals surface area contributed by atoms with Gasteiger partial charge in [-0.2, -0.15) is 0 Å². The second kappa shape index (κ2) is 15.4. The van der Waals surface area contributed by atoms with Gasteiger partial charge in [0.2, 0.25) is 5.91 Å². The highest BCUT2D eigenvalue weighted by molar-refractivity contribution is 6.27. The maximum absolute atomic E-state index is 12.7. The van der Waals surface area contributed by atoms with Crippen LogP contribution in [0.25, 0.3) is 0 Å². The summed E-state index contributed by atoms with van der Waals surface area (Å²) in [4.78, 5) is 48.1. The fourth-order valence-corrected chi connectivity index (χ4v) is 4.28. The maximum Gasteiger partial charge on any atom is 0.414 e. The zero-order valence-corrected chi connectivity index (χ0v) is 22.5. The van der Waals surface area contributed by atoms with Gasteiger partial charge in [0.25, 0.3) is 5.69 Å². The van der Waals surface area contributed by atoms with Gasteiger partial charge < -0.3 is 24.7 Å². The number of methoxy groups -OCH3 is 1. The minimum absolute atomic E-state index is 0.0671. The molecule has 1 amide bonds. The maximum atomic E-state index is 12.7. The Morgan fingerprint density at radius 3 is 1.97 bits per heavy atom. The summed E-state index contributed by atoms with van der Waals surface area (Å²) < 4.78 is 5.25. The van der Waals surface area contributed by atoms with Crippen molar-refractivity contribution >= 4 is 29.2 Å². The number of ether oxygens (including phenoxy) is 1. The fraction of sp³-hybridized carbons (Fsp3) is 0.444. The number of hydrogen-bond acceptors (Lipinski definition) is 8. The molecule has 1 saturated heterocycles. The van der Waals surface area contributed by atoms with E-state index in [4.69, 9.17) is 24.5 Å². The largest absolute Gasteiger partial charge is 0.497 e. The van der Waals surface area contributed by atoms with Crippen LogP contribution in [0.3, 0.4) is 0 Å². The third-order valence-electron chi connectivity index (χ3n) is 6.40. The number of carbonyl (C=O) groups excluding carboxylic acids is 1. The van der Waals surface area contributed by atoms with Crippen LogP contribution in [0.5, 0.6) is 5.75 Å². The number of carboxylic acid groups (broad SMARTS) is 2. The van der Waals surface area contributed by atoms with E-state index in [0.29, 0.717) is 6.42 Å². The highest BCUT2D eigenvalue weighted by atomic mass is 16.6. The predicted molar refractivity (Wildman–Crippen MR) is 145 cm³/mol. The summed E-state index contributed by atoms with van der Waals surface area (Å²) in [5, 5.41) is 25.6. The number of hydrogen-bond donors (Lipinski definition) is 2. The van der Waals surface area contributed by atoms with Gasteiger partial charge in [0.15, 0.2) is 0 Å². The molecule has 12 nitrogen and oxygen atoms in total. The van der Waals surface area contributed by atoms with Crippen LogP contribution in [-0.2, 0) is 20.8 Å². The molecule has 1 atom stereocenters. The summed E-state index contributed by atoms with van der Waals surface area (Å²) in [6, 6.07) is 14.6. The number of anilines is 1. The molecule has 2 aromatic carbocycles. The first-order chi connectivity index (χ1) is 18.5. The molecule has 3 rings (SSSR count). The van der Waals surface area contributed by atoms with Crippen LogP contribution in [0.4, 0.5) is 11.4 Å². The molecular weight excluding hydrogens is 508 g/mol. The molecule has 0 bridgehead atoms. The third kappa shape index (κ3) is 9.98. The summed E-state index contributed by atoms with van der Waals surface area (Å²) in [6.45, 7) is 9.65. The van der Waals surface area contributed by atoms with E-state index in [1.54, 1.807) is 19.2 Å². The molecule has 2 N–H and O–H groups in total. The predicted octanol–water partition coefficient (Wildman–Crippen LogP) is 2.75. The smallest absolute Gasteiger partial charge is 0.414 e. The Morgan fingerprint density at radius 2 is 1.51 bits per heavy atom. The van der Waals surface area contributed by atoms with E-state index in [0.717, 1.165) is 62.7 Å². The van der Waals surface area contributed by atoms with E-state index < -0.39 is 11.9 Å². The number of aliphatic carboxylic acids is 2. The van der Waals surface area contributed by atoms with E-state index in [9.17, 15) is 14.9 Å². The number of nitro groups is 1. The van der Waals surface area contributed by atoms with Crippen molar-refractivity contribution in [2.45, 2.75) is 32.7 Å². The molecule has 1 aliphatic rings. The normalized spacial score (nSPS) is 14.4. The van der Waals surface area contributed by atoms with Crippen LogP contribution in [0, 0.1) is 10.1 Å². The number of nitro benzene ring substituents is 1.